The Morgan fingerprint density at radius 3 is 1.57 bits per heavy atom. The van der Waals surface area contributed by atoms with Gasteiger partial charge in [0.15, 0.2) is 0 Å². The van der Waals surface area contributed by atoms with Crippen LogP contribution in [0.5, 0.6) is 0 Å². The van der Waals surface area contributed by atoms with E-state index >= 15 is 0 Å². The van der Waals surface area contributed by atoms with Crippen LogP contribution in [-0.2, 0) is 39.3 Å². The topological polar surface area (TPSA) is 0 Å². The maximum Gasteiger partial charge on any atom is 0.00880 e. The Balaban J connectivity index is 2.65. The number of rotatable bonds is 0. The fraction of sp³-hybridized carbons (Fsp3) is 1.00. The minimum Gasteiger partial charge on any atom is -0.0593 e. The van der Waals surface area contributed by atoms with Crippen LogP contribution in [0, 0.1) is 0 Å². The molecule has 0 radical (unpaired) electrons. The summed E-state index contributed by atoms with van der Waals surface area (Å²) in [6.07, 6.45) is 1.29. The molecule has 0 N–H and O–H groups in total. The van der Waals surface area contributed by atoms with Gasteiger partial charge in [-0.1, -0.05) is 17.0 Å². The van der Waals surface area contributed by atoms with Crippen LogP contribution in [0.1, 0.15) is 6.42 Å². The molecule has 1 heterocycles. The van der Waals surface area contributed by atoms with E-state index in [2.05, 4.69) is 0 Å². The zero-order valence-corrected chi connectivity index (χ0v) is 7.02. The van der Waals surface area contributed by atoms with E-state index in [0.29, 0.717) is 0 Å². The highest BCUT2D eigenvalue weighted by Gasteiger charge is 2.08. The van der Waals surface area contributed by atoms with Gasteiger partial charge in [0.25, 0.3) is 0 Å². The average molecular weight is 170 g/mol. The third-order valence-electron chi connectivity index (χ3n) is 0.829. The van der Waals surface area contributed by atoms with Crippen LogP contribution in [0.3, 0.4) is 0 Å². The maximum absolute atomic E-state index is 5.06. The van der Waals surface area contributed by atoms with Crippen molar-refractivity contribution in [1.29, 1.82) is 0 Å². The molecule has 0 spiro atoms. The molecule has 0 amide bonds. The average Bonchev–Trinajstić information content (AvgIpc) is 1.91. The quantitative estimate of drug-likeness (QED) is 0.485. The molecular formula is C3H6S4. The Kier molecular flexibility index (Phi) is 2.34. The predicted octanol–water partition coefficient (Wildman–Crippen LogP) is 0.466. The molecule has 1 fully saturated rings. The molecule has 2 atom stereocenters. The van der Waals surface area contributed by atoms with Crippen molar-refractivity contribution in [2.75, 3.05) is 11.5 Å². The Morgan fingerprint density at radius 2 is 1.43 bits per heavy atom. The van der Waals surface area contributed by atoms with E-state index in [1.165, 1.54) is 17.9 Å². The minimum absolute atomic E-state index is 0.208. The van der Waals surface area contributed by atoms with Crippen molar-refractivity contribution < 1.29 is 0 Å². The van der Waals surface area contributed by atoms with Crippen molar-refractivity contribution in [1.82, 2.24) is 0 Å². The molecule has 0 aromatic heterocycles. The lowest BCUT2D eigenvalue weighted by Gasteiger charge is -1.87. The molecule has 4 heteroatoms. The summed E-state index contributed by atoms with van der Waals surface area (Å²) < 4.78 is 0. The largest absolute Gasteiger partial charge is 0.0593 e. The van der Waals surface area contributed by atoms with E-state index < -0.39 is 0 Å². The lowest BCUT2D eigenvalue weighted by atomic mass is 10.6. The van der Waals surface area contributed by atoms with Gasteiger partial charge in [-0.15, -0.1) is 0 Å². The van der Waals surface area contributed by atoms with Crippen molar-refractivity contribution in [3.05, 3.63) is 0 Å². The predicted molar refractivity (Wildman–Crippen MR) is 43.8 cm³/mol. The van der Waals surface area contributed by atoms with E-state index in [9.17, 15) is 0 Å². The third kappa shape index (κ3) is 1.52. The second-order valence-electron chi connectivity index (χ2n) is 1.37. The van der Waals surface area contributed by atoms with Crippen LogP contribution in [-0.4, -0.2) is 11.5 Å². The van der Waals surface area contributed by atoms with Crippen molar-refractivity contribution in [3.63, 3.8) is 0 Å². The second-order valence-corrected chi connectivity index (χ2v) is 9.50. The fourth-order valence-corrected chi connectivity index (χ4v) is 5.55. The summed E-state index contributed by atoms with van der Waals surface area (Å²) in [7, 11) is 0.417. The van der Waals surface area contributed by atoms with Gasteiger partial charge < -0.3 is 0 Å². The minimum atomic E-state index is 0.208. The molecule has 42 valence electrons. The van der Waals surface area contributed by atoms with E-state index in [0.717, 1.165) is 0 Å². The first kappa shape index (κ1) is 6.26. The zero-order valence-electron chi connectivity index (χ0n) is 3.75. The Hall–Kier alpha value is 1.14. The molecule has 1 aliphatic heterocycles. The maximum atomic E-state index is 5.06. The molecule has 0 aromatic carbocycles. The van der Waals surface area contributed by atoms with Crippen LogP contribution >= 0.6 is 0 Å². The monoisotopic (exact) mass is 170 g/mol. The van der Waals surface area contributed by atoms with E-state index in [1.807, 2.05) is 0 Å². The van der Waals surface area contributed by atoms with Crippen LogP contribution in [0.15, 0.2) is 0 Å². The molecule has 0 nitrogen and oxygen atoms in total. The van der Waals surface area contributed by atoms with Crippen LogP contribution < -0.4 is 0 Å². The zero-order chi connectivity index (χ0) is 5.28. The molecule has 1 rings (SSSR count). The van der Waals surface area contributed by atoms with Crippen molar-refractivity contribution in [2.24, 2.45) is 0 Å². The summed E-state index contributed by atoms with van der Waals surface area (Å²) in [5, 5.41) is 0. The molecular weight excluding hydrogens is 164 g/mol. The summed E-state index contributed by atoms with van der Waals surface area (Å²) in [4.78, 5) is 0. The van der Waals surface area contributed by atoms with Gasteiger partial charge in [0.1, 0.15) is 0 Å². The van der Waals surface area contributed by atoms with E-state index in [1.54, 1.807) is 0 Å². The molecule has 0 saturated carbocycles. The van der Waals surface area contributed by atoms with Gasteiger partial charge in [0, 0.05) is 11.5 Å². The van der Waals surface area contributed by atoms with E-state index in [-0.39, 0.29) is 17.0 Å². The van der Waals surface area contributed by atoms with Gasteiger partial charge in [0.05, 0.1) is 0 Å². The van der Waals surface area contributed by atoms with Gasteiger partial charge in [-0.05, 0) is 28.8 Å². The van der Waals surface area contributed by atoms with Crippen LogP contribution in [0.2, 0.25) is 0 Å². The molecule has 0 aromatic rings. The third-order valence-corrected chi connectivity index (χ3v) is 9.46. The molecule has 0 aliphatic carbocycles. The van der Waals surface area contributed by atoms with Gasteiger partial charge in [-0.2, -0.15) is 0 Å². The molecule has 7 heavy (non-hydrogen) atoms. The lowest BCUT2D eigenvalue weighted by molar-refractivity contribution is 1.14. The summed E-state index contributed by atoms with van der Waals surface area (Å²) in [5.74, 6) is 2.45. The smallest absolute Gasteiger partial charge is 0.00880 e. The van der Waals surface area contributed by atoms with Crippen molar-refractivity contribution in [2.45, 2.75) is 6.42 Å². The van der Waals surface area contributed by atoms with Gasteiger partial charge >= 0.3 is 0 Å². The molecule has 0 bridgehead atoms. The van der Waals surface area contributed by atoms with Gasteiger partial charge in [0.2, 0.25) is 0 Å². The highest BCUT2D eigenvalue weighted by atomic mass is 33.5. The second kappa shape index (κ2) is 2.62. The lowest BCUT2D eigenvalue weighted by Crippen LogP contribution is -1.87. The standard InChI is InChI=1S/C3H6S4/c4-6-2-1-3-7(6)5/h1-3H2. The SMILES string of the molecule is S=S1CCCS1=S. The van der Waals surface area contributed by atoms with Crippen LogP contribution in [0.25, 0.3) is 0 Å². The van der Waals surface area contributed by atoms with E-state index in [4.69, 9.17) is 22.4 Å². The van der Waals surface area contributed by atoms with Gasteiger partial charge in [-0.25, -0.2) is 0 Å². The normalized spacial score (nSPS) is 41.7. The Labute approximate surface area is 57.3 Å². The summed E-state index contributed by atoms with van der Waals surface area (Å²) in [5.41, 5.74) is 0. The highest BCUT2D eigenvalue weighted by molar-refractivity contribution is 8.87. The van der Waals surface area contributed by atoms with Crippen LogP contribution in [0.4, 0.5) is 0 Å². The Bertz CT molecular complexity index is 102. The fourth-order valence-electron chi connectivity index (χ4n) is 0.481. The highest BCUT2D eigenvalue weighted by Crippen LogP contribution is 2.06. The molecule has 2 unspecified atom stereocenters. The van der Waals surface area contributed by atoms with Crippen molar-refractivity contribution >= 4 is 39.3 Å². The summed E-state index contributed by atoms with van der Waals surface area (Å²) in [6, 6.07) is 0. The van der Waals surface area contributed by atoms with Gasteiger partial charge in [-0.3, -0.25) is 0 Å². The number of hydrogen-bond donors (Lipinski definition) is 0. The first-order valence-electron chi connectivity index (χ1n) is 2.08. The summed E-state index contributed by atoms with van der Waals surface area (Å²) in [6.45, 7) is 0. The summed E-state index contributed by atoms with van der Waals surface area (Å²) >= 11 is 10.1. The first-order chi connectivity index (χ1) is 3.30. The molecule has 1 aliphatic rings. The first-order valence-corrected chi connectivity index (χ1v) is 7.23. The Morgan fingerprint density at radius 1 is 1.00 bits per heavy atom. The molecule has 1 saturated heterocycles. The number of hydrogen-bond acceptors (Lipinski definition) is 2. The van der Waals surface area contributed by atoms with Crippen molar-refractivity contribution in [3.8, 4) is 0 Å².